The van der Waals surface area contributed by atoms with E-state index in [1.54, 1.807) is 12.1 Å². The van der Waals surface area contributed by atoms with Crippen LogP contribution in [0, 0.1) is 11.8 Å². The molecule has 0 bridgehead atoms. The third-order valence-electron chi connectivity index (χ3n) is 3.63. The number of hydrogen-bond donors (Lipinski definition) is 0. The average Bonchev–Trinajstić information content (AvgIpc) is 2.30. The molecule has 98 valence electrons. The highest BCUT2D eigenvalue weighted by molar-refractivity contribution is 6.33. The lowest BCUT2D eigenvalue weighted by Crippen LogP contribution is -2.42. The summed E-state index contributed by atoms with van der Waals surface area (Å²) in [4.78, 5) is 18.1. The van der Waals surface area contributed by atoms with Gasteiger partial charge >= 0.3 is 0 Å². The van der Waals surface area contributed by atoms with Crippen LogP contribution in [-0.4, -0.2) is 28.9 Å². The molecular weight excluding hydrogens is 271 g/mol. The topological polar surface area (TPSA) is 33.2 Å². The number of piperidine rings is 1. The highest BCUT2D eigenvalue weighted by Crippen LogP contribution is 2.24. The summed E-state index contributed by atoms with van der Waals surface area (Å²) in [6.45, 7) is 5.99. The molecule has 18 heavy (non-hydrogen) atoms. The fourth-order valence-electron chi connectivity index (χ4n) is 2.22. The van der Waals surface area contributed by atoms with Crippen LogP contribution in [0.2, 0.25) is 10.3 Å². The van der Waals surface area contributed by atoms with Crippen LogP contribution in [0.25, 0.3) is 0 Å². The number of aromatic nitrogens is 1. The molecule has 1 aromatic heterocycles. The Morgan fingerprint density at radius 1 is 1.28 bits per heavy atom. The Balaban J connectivity index is 2.16. The first kappa shape index (κ1) is 13.6. The van der Waals surface area contributed by atoms with Crippen molar-refractivity contribution in [2.75, 3.05) is 13.1 Å². The van der Waals surface area contributed by atoms with Crippen molar-refractivity contribution in [2.45, 2.75) is 20.3 Å². The van der Waals surface area contributed by atoms with Gasteiger partial charge in [0.2, 0.25) is 0 Å². The summed E-state index contributed by atoms with van der Waals surface area (Å²) in [5.41, 5.74) is 0.516. The number of carbonyl (C=O) groups is 1. The maximum atomic E-state index is 12.3. The molecule has 1 aromatic rings. The van der Waals surface area contributed by atoms with E-state index in [1.165, 1.54) is 0 Å². The molecule has 1 aliphatic heterocycles. The van der Waals surface area contributed by atoms with Crippen molar-refractivity contribution in [1.29, 1.82) is 0 Å². The smallest absolute Gasteiger partial charge is 0.254 e. The molecular formula is C13H16Cl2N2O. The summed E-state index contributed by atoms with van der Waals surface area (Å²) < 4.78 is 0. The predicted molar refractivity (Wildman–Crippen MR) is 73.1 cm³/mol. The lowest BCUT2D eigenvalue weighted by Gasteiger charge is -2.35. The first-order valence-electron chi connectivity index (χ1n) is 6.09. The molecule has 0 saturated carbocycles. The van der Waals surface area contributed by atoms with Gasteiger partial charge in [-0.3, -0.25) is 4.79 Å². The van der Waals surface area contributed by atoms with Gasteiger partial charge in [-0.2, -0.15) is 0 Å². The molecule has 1 saturated heterocycles. The Morgan fingerprint density at radius 2 is 1.89 bits per heavy atom. The van der Waals surface area contributed by atoms with Crippen LogP contribution >= 0.6 is 23.2 Å². The Kier molecular flexibility index (Phi) is 4.13. The number of pyridine rings is 1. The van der Waals surface area contributed by atoms with E-state index in [1.807, 2.05) is 4.90 Å². The maximum Gasteiger partial charge on any atom is 0.254 e. The number of hydrogen-bond acceptors (Lipinski definition) is 2. The maximum absolute atomic E-state index is 12.3. The monoisotopic (exact) mass is 286 g/mol. The first-order chi connectivity index (χ1) is 8.47. The zero-order valence-electron chi connectivity index (χ0n) is 10.5. The van der Waals surface area contributed by atoms with Gasteiger partial charge in [-0.05, 0) is 30.4 Å². The van der Waals surface area contributed by atoms with Crippen LogP contribution in [0.1, 0.15) is 30.6 Å². The van der Waals surface area contributed by atoms with Gasteiger partial charge in [-0.1, -0.05) is 37.0 Å². The lowest BCUT2D eigenvalue weighted by molar-refractivity contribution is 0.0627. The van der Waals surface area contributed by atoms with E-state index in [-0.39, 0.29) is 16.2 Å². The summed E-state index contributed by atoms with van der Waals surface area (Å²) in [6.07, 6.45) is 1.04. The standard InChI is InChI=1S/C13H16Cl2N2O/c1-8-3-4-17(7-9(8)2)13(18)10-5-11(14)16-12(15)6-10/h5-6,8-9H,3-4,7H2,1-2H3. The largest absolute Gasteiger partial charge is 0.338 e. The Bertz CT molecular complexity index is 444. The Hall–Kier alpha value is -0.800. The summed E-state index contributed by atoms with van der Waals surface area (Å²) in [5.74, 6) is 1.18. The van der Waals surface area contributed by atoms with Crippen LogP contribution in [0.3, 0.4) is 0 Å². The van der Waals surface area contributed by atoms with E-state index in [0.29, 0.717) is 17.4 Å². The Labute approximate surface area is 117 Å². The van der Waals surface area contributed by atoms with Gasteiger partial charge in [0, 0.05) is 18.7 Å². The second kappa shape index (κ2) is 5.45. The zero-order valence-corrected chi connectivity index (χ0v) is 12.0. The highest BCUT2D eigenvalue weighted by atomic mass is 35.5. The quantitative estimate of drug-likeness (QED) is 0.741. The molecule has 3 nitrogen and oxygen atoms in total. The van der Waals surface area contributed by atoms with Crippen LogP contribution in [0.4, 0.5) is 0 Å². The van der Waals surface area contributed by atoms with Gasteiger partial charge in [0.15, 0.2) is 0 Å². The molecule has 1 aliphatic rings. The number of likely N-dealkylation sites (tertiary alicyclic amines) is 1. The summed E-state index contributed by atoms with van der Waals surface area (Å²) in [5, 5.41) is 0.508. The van der Waals surface area contributed by atoms with Gasteiger partial charge in [0.1, 0.15) is 10.3 Å². The molecule has 2 heterocycles. The van der Waals surface area contributed by atoms with Gasteiger partial charge in [-0.25, -0.2) is 4.98 Å². The fraction of sp³-hybridized carbons (Fsp3) is 0.538. The average molecular weight is 287 g/mol. The molecule has 2 unspecified atom stereocenters. The van der Waals surface area contributed by atoms with Crippen LogP contribution in [0.15, 0.2) is 12.1 Å². The normalized spacial score (nSPS) is 24.1. The fourth-order valence-corrected chi connectivity index (χ4v) is 2.68. The zero-order chi connectivity index (χ0) is 13.3. The summed E-state index contributed by atoms with van der Waals surface area (Å²) in [7, 11) is 0. The minimum Gasteiger partial charge on any atom is -0.338 e. The lowest BCUT2D eigenvalue weighted by atomic mass is 9.88. The third kappa shape index (κ3) is 2.96. The number of carbonyl (C=O) groups excluding carboxylic acids is 1. The van der Waals surface area contributed by atoms with Crippen molar-refractivity contribution in [3.05, 3.63) is 28.0 Å². The van der Waals surface area contributed by atoms with E-state index in [0.717, 1.165) is 19.5 Å². The van der Waals surface area contributed by atoms with Crippen LogP contribution in [0.5, 0.6) is 0 Å². The Morgan fingerprint density at radius 3 is 2.44 bits per heavy atom. The van der Waals surface area contributed by atoms with E-state index in [4.69, 9.17) is 23.2 Å². The SMILES string of the molecule is CC1CCN(C(=O)c2cc(Cl)nc(Cl)c2)CC1C. The van der Waals surface area contributed by atoms with Gasteiger partial charge < -0.3 is 4.90 Å². The molecule has 1 amide bonds. The predicted octanol–water partition coefficient (Wildman–Crippen LogP) is 3.51. The molecule has 5 heteroatoms. The number of nitrogens with zero attached hydrogens (tertiary/aromatic N) is 2. The van der Waals surface area contributed by atoms with E-state index < -0.39 is 0 Å². The second-order valence-corrected chi connectivity index (χ2v) is 5.77. The van der Waals surface area contributed by atoms with Crippen molar-refractivity contribution in [3.63, 3.8) is 0 Å². The van der Waals surface area contributed by atoms with Gasteiger partial charge in [0.05, 0.1) is 0 Å². The molecule has 0 aromatic carbocycles. The molecule has 2 rings (SSSR count). The van der Waals surface area contributed by atoms with E-state index in [2.05, 4.69) is 18.8 Å². The molecule has 0 spiro atoms. The van der Waals surface area contributed by atoms with Crippen molar-refractivity contribution in [3.8, 4) is 0 Å². The molecule has 0 N–H and O–H groups in total. The molecule has 0 radical (unpaired) electrons. The summed E-state index contributed by atoms with van der Waals surface area (Å²) in [6, 6.07) is 3.14. The minimum atomic E-state index is -0.0139. The van der Waals surface area contributed by atoms with E-state index in [9.17, 15) is 4.79 Å². The number of amides is 1. The first-order valence-corrected chi connectivity index (χ1v) is 6.85. The van der Waals surface area contributed by atoms with Crippen LogP contribution < -0.4 is 0 Å². The van der Waals surface area contributed by atoms with Crippen molar-refractivity contribution in [1.82, 2.24) is 9.88 Å². The van der Waals surface area contributed by atoms with Gasteiger partial charge in [-0.15, -0.1) is 0 Å². The van der Waals surface area contributed by atoms with E-state index >= 15 is 0 Å². The molecule has 1 fully saturated rings. The minimum absolute atomic E-state index is 0.0139. The van der Waals surface area contributed by atoms with Crippen molar-refractivity contribution >= 4 is 29.1 Å². The van der Waals surface area contributed by atoms with Crippen molar-refractivity contribution in [2.24, 2.45) is 11.8 Å². The molecule has 2 atom stereocenters. The van der Waals surface area contributed by atoms with Crippen molar-refractivity contribution < 1.29 is 4.79 Å². The highest BCUT2D eigenvalue weighted by Gasteiger charge is 2.26. The van der Waals surface area contributed by atoms with Gasteiger partial charge in [0.25, 0.3) is 5.91 Å². The number of halogens is 2. The van der Waals surface area contributed by atoms with Crippen LogP contribution in [-0.2, 0) is 0 Å². The number of rotatable bonds is 1. The third-order valence-corrected chi connectivity index (χ3v) is 4.02. The second-order valence-electron chi connectivity index (χ2n) is 5.00. The summed E-state index contributed by atoms with van der Waals surface area (Å²) >= 11 is 11.6. The molecule has 0 aliphatic carbocycles.